The number of pyridine rings is 1. The largest absolute Gasteiger partial charge is 0.497 e. The number of hydrogen-bond donors (Lipinski definition) is 1. The van der Waals surface area contributed by atoms with E-state index in [1.807, 2.05) is 24.3 Å². The van der Waals surface area contributed by atoms with Gasteiger partial charge in [-0.3, -0.25) is 9.59 Å². The number of nitrogens with zero attached hydrogens (tertiary/aromatic N) is 1. The van der Waals surface area contributed by atoms with Crippen LogP contribution in [0.2, 0.25) is 0 Å². The van der Waals surface area contributed by atoms with E-state index in [0.29, 0.717) is 31.4 Å². The number of methoxy groups -OCH3 is 2. The predicted octanol–water partition coefficient (Wildman–Crippen LogP) is 3.69. The molecule has 1 aromatic carbocycles. The molecule has 0 aliphatic carbocycles. The van der Waals surface area contributed by atoms with Crippen LogP contribution in [0.15, 0.2) is 36.5 Å². The SMILES string of the molecule is COc1ccc(O[C@H]2CCC[C@H](NC(=O)c3nccc(OC)c3OCOC(=O)C(C)C)C(=O)O[C@@H](C)C2)cc1. The van der Waals surface area contributed by atoms with Gasteiger partial charge in [-0.25, -0.2) is 9.78 Å². The van der Waals surface area contributed by atoms with Gasteiger partial charge >= 0.3 is 11.9 Å². The second-order valence-corrected chi connectivity index (χ2v) is 9.43. The van der Waals surface area contributed by atoms with Crippen LogP contribution in [0.1, 0.15) is 56.9 Å². The maximum absolute atomic E-state index is 13.2. The average molecular weight is 545 g/mol. The standard InChI is InChI=1S/C28H36N2O9/c1-17(2)27(32)37-16-36-25-23(35-5)13-14-29-24(25)26(31)30-22-8-6-7-21(15-18(3)38-28(22)33)39-20-11-9-19(34-4)10-12-20/h9-14,17-18,21-22H,6-8,15-16H2,1-5H3,(H,30,31)/t18-,21-,22-/m0/s1. The summed E-state index contributed by atoms with van der Waals surface area (Å²) in [6, 6.07) is 7.90. The molecule has 1 aliphatic heterocycles. The fourth-order valence-corrected chi connectivity index (χ4v) is 4.00. The van der Waals surface area contributed by atoms with E-state index in [1.165, 1.54) is 19.4 Å². The fourth-order valence-electron chi connectivity index (χ4n) is 4.00. The second kappa shape index (κ2) is 14.2. The van der Waals surface area contributed by atoms with E-state index in [0.717, 1.165) is 5.75 Å². The normalized spacial score (nSPS) is 19.5. The summed E-state index contributed by atoms with van der Waals surface area (Å²) in [7, 11) is 3.01. The van der Waals surface area contributed by atoms with Crippen LogP contribution in [-0.2, 0) is 19.1 Å². The quantitative estimate of drug-likeness (QED) is 0.349. The van der Waals surface area contributed by atoms with Gasteiger partial charge in [0.15, 0.2) is 17.2 Å². The minimum atomic E-state index is -0.903. The Hall–Kier alpha value is -4.02. The zero-order chi connectivity index (χ0) is 28.4. The first-order valence-corrected chi connectivity index (χ1v) is 12.9. The van der Waals surface area contributed by atoms with Crippen LogP contribution >= 0.6 is 0 Å². The lowest BCUT2D eigenvalue weighted by atomic mass is 10.0. The highest BCUT2D eigenvalue weighted by Gasteiger charge is 2.30. The van der Waals surface area contributed by atoms with E-state index in [1.54, 1.807) is 27.9 Å². The molecule has 1 fully saturated rings. The van der Waals surface area contributed by atoms with Crippen molar-refractivity contribution in [1.29, 1.82) is 0 Å². The molecule has 3 rings (SSSR count). The number of hydrogen-bond acceptors (Lipinski definition) is 10. The number of benzene rings is 1. The Balaban J connectivity index is 1.67. The van der Waals surface area contributed by atoms with Gasteiger partial charge in [0.05, 0.1) is 20.1 Å². The van der Waals surface area contributed by atoms with Crippen LogP contribution in [0.5, 0.6) is 23.0 Å². The molecule has 0 spiro atoms. The molecule has 0 bridgehead atoms. The molecule has 2 heterocycles. The van der Waals surface area contributed by atoms with Crippen molar-refractivity contribution < 1.29 is 42.8 Å². The predicted molar refractivity (Wildman–Crippen MR) is 140 cm³/mol. The van der Waals surface area contributed by atoms with Gasteiger partial charge < -0.3 is 33.7 Å². The molecular weight excluding hydrogens is 508 g/mol. The van der Waals surface area contributed by atoms with Crippen molar-refractivity contribution in [3.8, 4) is 23.0 Å². The monoisotopic (exact) mass is 544 g/mol. The first kappa shape index (κ1) is 29.5. The van der Waals surface area contributed by atoms with Crippen LogP contribution in [0, 0.1) is 5.92 Å². The van der Waals surface area contributed by atoms with Crippen LogP contribution in [0.25, 0.3) is 0 Å². The van der Waals surface area contributed by atoms with Gasteiger partial charge in [0.2, 0.25) is 6.79 Å². The smallest absolute Gasteiger partial charge is 0.328 e. The third kappa shape index (κ3) is 8.49. The summed E-state index contributed by atoms with van der Waals surface area (Å²) in [5, 5.41) is 2.71. The molecule has 0 saturated carbocycles. The summed E-state index contributed by atoms with van der Waals surface area (Å²) < 4.78 is 32.9. The number of carbonyl (C=O) groups excluding carboxylic acids is 3. The lowest BCUT2D eigenvalue weighted by Crippen LogP contribution is -2.43. The third-order valence-electron chi connectivity index (χ3n) is 6.06. The highest BCUT2D eigenvalue weighted by atomic mass is 16.7. The summed E-state index contributed by atoms with van der Waals surface area (Å²) in [6.45, 7) is 4.74. The number of cyclic esters (lactones) is 1. The molecular formula is C28H36N2O9. The van der Waals surface area contributed by atoms with Crippen molar-refractivity contribution in [3.05, 3.63) is 42.2 Å². The van der Waals surface area contributed by atoms with Gasteiger partial charge in [0, 0.05) is 18.7 Å². The molecule has 0 unspecified atom stereocenters. The molecule has 1 aromatic heterocycles. The number of carbonyl (C=O) groups is 3. The van der Waals surface area contributed by atoms with Crippen molar-refractivity contribution in [2.45, 2.75) is 64.7 Å². The lowest BCUT2D eigenvalue weighted by molar-refractivity contribution is -0.154. The molecule has 11 heteroatoms. The minimum Gasteiger partial charge on any atom is -0.497 e. The minimum absolute atomic E-state index is 0.00758. The van der Waals surface area contributed by atoms with Gasteiger partial charge in [-0.05, 0) is 50.5 Å². The highest BCUT2D eigenvalue weighted by molar-refractivity contribution is 5.98. The Labute approximate surface area is 228 Å². The maximum Gasteiger partial charge on any atom is 0.328 e. The lowest BCUT2D eigenvalue weighted by Gasteiger charge is -2.22. The van der Waals surface area contributed by atoms with Gasteiger partial charge in [0.25, 0.3) is 5.91 Å². The molecule has 212 valence electrons. The molecule has 1 N–H and O–H groups in total. The van der Waals surface area contributed by atoms with E-state index in [-0.39, 0.29) is 29.2 Å². The van der Waals surface area contributed by atoms with Gasteiger partial charge in [-0.1, -0.05) is 13.8 Å². The van der Waals surface area contributed by atoms with Gasteiger partial charge in [0.1, 0.15) is 29.7 Å². The first-order valence-electron chi connectivity index (χ1n) is 12.9. The molecule has 1 saturated heterocycles. The number of amides is 1. The number of aromatic nitrogens is 1. The summed E-state index contributed by atoms with van der Waals surface area (Å²) in [5.74, 6) is -0.360. The summed E-state index contributed by atoms with van der Waals surface area (Å²) in [5.41, 5.74) is -0.114. The Morgan fingerprint density at radius 1 is 1.08 bits per heavy atom. The van der Waals surface area contributed by atoms with Crippen molar-refractivity contribution in [3.63, 3.8) is 0 Å². The fraction of sp³-hybridized carbons (Fsp3) is 0.500. The summed E-state index contributed by atoms with van der Waals surface area (Å²) in [4.78, 5) is 42.0. The topological polar surface area (TPSA) is 132 Å². The van der Waals surface area contributed by atoms with Crippen LogP contribution in [0.3, 0.4) is 0 Å². The second-order valence-electron chi connectivity index (χ2n) is 9.43. The van der Waals surface area contributed by atoms with Crippen molar-refractivity contribution in [1.82, 2.24) is 10.3 Å². The maximum atomic E-state index is 13.2. The molecule has 1 amide bonds. The Bertz CT molecular complexity index is 1120. The van der Waals surface area contributed by atoms with E-state index in [2.05, 4.69) is 10.3 Å². The van der Waals surface area contributed by atoms with Crippen molar-refractivity contribution >= 4 is 17.8 Å². The summed E-state index contributed by atoms with van der Waals surface area (Å²) >= 11 is 0. The first-order chi connectivity index (χ1) is 18.7. The number of rotatable bonds is 10. The Kier molecular flexibility index (Phi) is 10.8. The number of ether oxygens (including phenoxy) is 6. The van der Waals surface area contributed by atoms with Gasteiger partial charge in [-0.2, -0.15) is 0 Å². The zero-order valence-electron chi connectivity index (χ0n) is 22.9. The highest BCUT2D eigenvalue weighted by Crippen LogP contribution is 2.30. The zero-order valence-corrected chi connectivity index (χ0v) is 22.9. The number of esters is 2. The average Bonchev–Trinajstić information content (AvgIpc) is 2.97. The Morgan fingerprint density at radius 3 is 2.46 bits per heavy atom. The molecule has 2 aromatic rings. The molecule has 39 heavy (non-hydrogen) atoms. The Morgan fingerprint density at radius 2 is 1.79 bits per heavy atom. The van der Waals surface area contributed by atoms with Gasteiger partial charge in [-0.15, -0.1) is 0 Å². The third-order valence-corrected chi connectivity index (χ3v) is 6.06. The van der Waals surface area contributed by atoms with Crippen LogP contribution in [-0.4, -0.2) is 62.1 Å². The molecule has 3 atom stereocenters. The van der Waals surface area contributed by atoms with Crippen molar-refractivity contribution in [2.75, 3.05) is 21.0 Å². The van der Waals surface area contributed by atoms with Crippen LogP contribution in [0.4, 0.5) is 0 Å². The molecule has 1 aliphatic rings. The number of nitrogens with one attached hydrogen (secondary N) is 1. The van der Waals surface area contributed by atoms with E-state index in [9.17, 15) is 14.4 Å². The van der Waals surface area contributed by atoms with Crippen LogP contribution < -0.4 is 24.3 Å². The van der Waals surface area contributed by atoms with E-state index >= 15 is 0 Å². The van der Waals surface area contributed by atoms with Crippen molar-refractivity contribution in [2.24, 2.45) is 5.92 Å². The molecule has 11 nitrogen and oxygen atoms in total. The van der Waals surface area contributed by atoms with E-state index < -0.39 is 36.8 Å². The molecule has 0 radical (unpaired) electrons. The summed E-state index contributed by atoms with van der Waals surface area (Å²) in [6.07, 6.45) is 2.88. The van der Waals surface area contributed by atoms with E-state index in [4.69, 9.17) is 28.4 Å².